The molecule has 0 spiro atoms. The molecule has 0 saturated carbocycles. The Morgan fingerprint density at radius 2 is 1.84 bits per heavy atom. The molecule has 0 aliphatic carbocycles. The van der Waals surface area contributed by atoms with E-state index in [4.69, 9.17) is 0 Å². The van der Waals surface area contributed by atoms with E-state index < -0.39 is 0 Å². The second-order valence-corrected chi connectivity index (χ2v) is 4.26. The predicted molar refractivity (Wildman–Crippen MR) is 69.6 cm³/mol. The average molecular weight is 250 g/mol. The van der Waals surface area contributed by atoms with E-state index in [1.807, 2.05) is 34.9 Å². The summed E-state index contributed by atoms with van der Waals surface area (Å²) < 4.78 is 1.96. The third kappa shape index (κ3) is 1.50. The van der Waals surface area contributed by atoms with Crippen LogP contribution in [0.2, 0.25) is 0 Å². The Hall–Kier alpha value is -2.76. The monoisotopic (exact) mass is 250 g/mol. The number of aromatic nitrogens is 5. The number of para-hydroxylation sites is 1. The van der Waals surface area contributed by atoms with Crippen molar-refractivity contribution in [2.75, 3.05) is 4.90 Å². The number of benzene rings is 1. The summed E-state index contributed by atoms with van der Waals surface area (Å²) in [5, 5.41) is 8.06. The fourth-order valence-corrected chi connectivity index (χ4v) is 2.26. The van der Waals surface area contributed by atoms with E-state index in [1.54, 1.807) is 18.7 Å². The van der Waals surface area contributed by atoms with Gasteiger partial charge in [-0.25, -0.2) is 9.97 Å². The van der Waals surface area contributed by atoms with Crippen LogP contribution in [-0.2, 0) is 6.67 Å². The van der Waals surface area contributed by atoms with Crippen molar-refractivity contribution in [1.29, 1.82) is 0 Å². The van der Waals surface area contributed by atoms with Crippen molar-refractivity contribution in [1.82, 2.24) is 24.7 Å². The molecule has 19 heavy (non-hydrogen) atoms. The molecule has 0 unspecified atom stereocenters. The molecule has 1 aliphatic heterocycles. The van der Waals surface area contributed by atoms with Gasteiger partial charge in [-0.3, -0.25) is 4.57 Å². The SMILES string of the molecule is c1ccc(N2Cn3cnnc3-c3nccnc32)cc1. The predicted octanol–water partition coefficient (Wildman–Crippen LogP) is 1.84. The first kappa shape index (κ1) is 10.2. The molecule has 0 N–H and O–H groups in total. The Balaban J connectivity index is 1.93. The highest BCUT2D eigenvalue weighted by atomic mass is 15.4. The van der Waals surface area contributed by atoms with Crippen LogP contribution in [0.1, 0.15) is 0 Å². The first-order valence-corrected chi connectivity index (χ1v) is 5.95. The fourth-order valence-electron chi connectivity index (χ4n) is 2.26. The van der Waals surface area contributed by atoms with Gasteiger partial charge in [-0.05, 0) is 12.1 Å². The normalized spacial score (nSPS) is 12.9. The quantitative estimate of drug-likeness (QED) is 0.659. The number of hydrogen-bond donors (Lipinski definition) is 0. The van der Waals surface area contributed by atoms with Gasteiger partial charge < -0.3 is 4.90 Å². The lowest BCUT2D eigenvalue weighted by Gasteiger charge is -2.29. The van der Waals surface area contributed by atoms with E-state index >= 15 is 0 Å². The second-order valence-electron chi connectivity index (χ2n) is 4.26. The van der Waals surface area contributed by atoms with Gasteiger partial charge in [0.15, 0.2) is 17.3 Å². The number of nitrogens with zero attached hydrogens (tertiary/aromatic N) is 6. The molecule has 0 saturated heterocycles. The van der Waals surface area contributed by atoms with E-state index in [9.17, 15) is 0 Å². The van der Waals surface area contributed by atoms with E-state index in [-0.39, 0.29) is 0 Å². The van der Waals surface area contributed by atoms with E-state index in [2.05, 4.69) is 25.1 Å². The fraction of sp³-hybridized carbons (Fsp3) is 0.0769. The molecule has 2 aromatic heterocycles. The third-order valence-electron chi connectivity index (χ3n) is 3.12. The molecule has 6 nitrogen and oxygen atoms in total. The summed E-state index contributed by atoms with van der Waals surface area (Å²) in [5.41, 5.74) is 1.83. The van der Waals surface area contributed by atoms with Crippen LogP contribution in [0.25, 0.3) is 11.5 Å². The van der Waals surface area contributed by atoms with Gasteiger partial charge in [0.05, 0.1) is 0 Å². The maximum atomic E-state index is 4.44. The summed E-state index contributed by atoms with van der Waals surface area (Å²) in [4.78, 5) is 10.9. The zero-order valence-electron chi connectivity index (χ0n) is 10.0. The summed E-state index contributed by atoms with van der Waals surface area (Å²) in [6.07, 6.45) is 5.08. The maximum absolute atomic E-state index is 4.44. The van der Waals surface area contributed by atoms with Crippen molar-refractivity contribution in [3.63, 3.8) is 0 Å². The van der Waals surface area contributed by atoms with Crippen LogP contribution in [0.3, 0.4) is 0 Å². The molecular weight excluding hydrogens is 240 g/mol. The van der Waals surface area contributed by atoms with Crippen LogP contribution in [0, 0.1) is 0 Å². The number of anilines is 2. The highest BCUT2D eigenvalue weighted by molar-refractivity contribution is 5.74. The van der Waals surface area contributed by atoms with Gasteiger partial charge in [-0.2, -0.15) is 0 Å². The van der Waals surface area contributed by atoms with Gasteiger partial charge in [0, 0.05) is 18.1 Å². The van der Waals surface area contributed by atoms with E-state index in [0.29, 0.717) is 6.67 Å². The molecule has 0 fully saturated rings. The molecule has 3 aromatic rings. The Morgan fingerprint density at radius 3 is 2.74 bits per heavy atom. The van der Waals surface area contributed by atoms with Gasteiger partial charge in [0.25, 0.3) is 0 Å². The topological polar surface area (TPSA) is 59.7 Å². The van der Waals surface area contributed by atoms with Gasteiger partial charge in [0.1, 0.15) is 13.0 Å². The highest BCUT2D eigenvalue weighted by Gasteiger charge is 2.26. The Morgan fingerprint density at radius 1 is 1.00 bits per heavy atom. The van der Waals surface area contributed by atoms with Crippen LogP contribution in [0.15, 0.2) is 49.1 Å². The minimum absolute atomic E-state index is 0.637. The van der Waals surface area contributed by atoms with Crippen molar-refractivity contribution in [2.24, 2.45) is 0 Å². The first-order valence-electron chi connectivity index (χ1n) is 5.95. The average Bonchev–Trinajstić information content (AvgIpc) is 2.96. The highest BCUT2D eigenvalue weighted by Crippen LogP contribution is 2.34. The van der Waals surface area contributed by atoms with Crippen molar-refractivity contribution in [2.45, 2.75) is 6.67 Å². The molecule has 1 aliphatic rings. The summed E-state index contributed by atoms with van der Waals surface area (Å²) >= 11 is 0. The molecule has 6 heteroatoms. The smallest absolute Gasteiger partial charge is 0.187 e. The maximum Gasteiger partial charge on any atom is 0.187 e. The standard InChI is InChI=1S/C13H10N6/c1-2-4-10(5-3-1)19-9-18-8-16-17-13(18)11-12(19)15-7-6-14-11/h1-8H,9H2. The van der Waals surface area contributed by atoms with E-state index in [0.717, 1.165) is 23.0 Å². The lowest BCUT2D eigenvalue weighted by molar-refractivity contribution is 0.683. The van der Waals surface area contributed by atoms with Gasteiger partial charge >= 0.3 is 0 Å². The number of fused-ring (bicyclic) bond motifs is 3. The van der Waals surface area contributed by atoms with Crippen LogP contribution in [-0.4, -0.2) is 24.7 Å². The van der Waals surface area contributed by atoms with E-state index in [1.165, 1.54) is 0 Å². The molecule has 4 rings (SSSR count). The largest absolute Gasteiger partial charge is 0.306 e. The zero-order chi connectivity index (χ0) is 12.7. The minimum Gasteiger partial charge on any atom is -0.306 e. The van der Waals surface area contributed by atoms with Crippen LogP contribution < -0.4 is 4.90 Å². The van der Waals surface area contributed by atoms with Crippen molar-refractivity contribution in [3.8, 4) is 11.5 Å². The molecule has 0 atom stereocenters. The Labute approximate surface area is 109 Å². The molecule has 0 bridgehead atoms. The van der Waals surface area contributed by atoms with Crippen molar-refractivity contribution < 1.29 is 0 Å². The summed E-state index contributed by atoms with van der Waals surface area (Å²) in [6, 6.07) is 10.1. The summed E-state index contributed by atoms with van der Waals surface area (Å²) in [7, 11) is 0. The third-order valence-corrected chi connectivity index (χ3v) is 3.12. The van der Waals surface area contributed by atoms with Gasteiger partial charge in [-0.15, -0.1) is 10.2 Å². The molecule has 3 heterocycles. The lowest BCUT2D eigenvalue weighted by Crippen LogP contribution is -2.27. The number of rotatable bonds is 1. The summed E-state index contributed by atoms with van der Waals surface area (Å²) in [6.45, 7) is 0.637. The molecule has 0 amide bonds. The molecule has 1 aromatic carbocycles. The zero-order valence-corrected chi connectivity index (χ0v) is 10.0. The lowest BCUT2D eigenvalue weighted by atomic mass is 10.2. The Bertz CT molecular complexity index is 721. The Kier molecular flexibility index (Phi) is 2.08. The summed E-state index contributed by atoms with van der Waals surface area (Å²) in [5.74, 6) is 1.57. The van der Waals surface area contributed by atoms with Gasteiger partial charge in [-0.1, -0.05) is 18.2 Å². The molecule has 92 valence electrons. The van der Waals surface area contributed by atoms with Crippen LogP contribution >= 0.6 is 0 Å². The number of hydrogen-bond acceptors (Lipinski definition) is 5. The van der Waals surface area contributed by atoms with Crippen LogP contribution in [0.5, 0.6) is 0 Å². The van der Waals surface area contributed by atoms with Crippen LogP contribution in [0.4, 0.5) is 11.5 Å². The molecular formula is C13H10N6. The molecule has 0 radical (unpaired) electrons. The second kappa shape index (κ2) is 3.88. The van der Waals surface area contributed by atoms with Crippen molar-refractivity contribution >= 4 is 11.5 Å². The van der Waals surface area contributed by atoms with Gasteiger partial charge in [0.2, 0.25) is 0 Å². The minimum atomic E-state index is 0.637. The first-order chi connectivity index (χ1) is 9.43. The van der Waals surface area contributed by atoms with Crippen molar-refractivity contribution in [3.05, 3.63) is 49.1 Å².